The molecule has 1 heterocycles. The van der Waals surface area contributed by atoms with Crippen molar-refractivity contribution in [3.05, 3.63) is 59.4 Å². The number of nitrogens with zero attached hydrogens (tertiary/aromatic N) is 2. The number of nitrogens with one attached hydrogen (secondary N) is 2. The van der Waals surface area contributed by atoms with Gasteiger partial charge in [0.1, 0.15) is 5.82 Å². The van der Waals surface area contributed by atoms with E-state index >= 15 is 0 Å². The Balaban J connectivity index is 1.59. The van der Waals surface area contributed by atoms with Gasteiger partial charge in [0.05, 0.1) is 11.3 Å². The number of benzene rings is 2. The second-order valence-electron chi connectivity index (χ2n) is 4.79. The predicted molar refractivity (Wildman–Crippen MR) is 92.6 cm³/mol. The van der Waals surface area contributed by atoms with E-state index in [2.05, 4.69) is 20.5 Å². The number of halogens is 2. The van der Waals surface area contributed by atoms with Gasteiger partial charge in [0.25, 0.3) is 0 Å². The molecule has 2 N–H and O–H groups in total. The molecule has 0 atom stereocenters. The average molecular weight is 363 g/mol. The van der Waals surface area contributed by atoms with Gasteiger partial charge in [0, 0.05) is 10.7 Å². The summed E-state index contributed by atoms with van der Waals surface area (Å²) in [7, 11) is 0. The third-order valence-electron chi connectivity index (χ3n) is 3.03. The molecule has 8 heteroatoms. The Morgan fingerprint density at radius 3 is 2.88 bits per heavy atom. The van der Waals surface area contributed by atoms with Gasteiger partial charge in [-0.25, -0.2) is 9.37 Å². The minimum absolute atomic E-state index is 0.126. The van der Waals surface area contributed by atoms with Gasteiger partial charge in [-0.2, -0.15) is 0 Å². The molecule has 1 amide bonds. The summed E-state index contributed by atoms with van der Waals surface area (Å²) >= 11 is 7.02. The normalized spacial score (nSPS) is 10.6. The summed E-state index contributed by atoms with van der Waals surface area (Å²) in [6.45, 7) is 0. The highest BCUT2D eigenvalue weighted by atomic mass is 35.5. The smallest absolute Gasteiger partial charge is 0.234 e. The maximum atomic E-state index is 13.7. The van der Waals surface area contributed by atoms with Gasteiger partial charge in [0.2, 0.25) is 11.1 Å². The van der Waals surface area contributed by atoms with E-state index in [9.17, 15) is 9.18 Å². The summed E-state index contributed by atoms with van der Waals surface area (Å²) in [5, 5.41) is 10.3. The first-order chi connectivity index (χ1) is 11.6. The van der Waals surface area contributed by atoms with Crippen LogP contribution in [0, 0.1) is 5.82 Å². The lowest BCUT2D eigenvalue weighted by molar-refractivity contribution is -0.113. The molecule has 0 spiro atoms. The van der Waals surface area contributed by atoms with Crippen LogP contribution in [-0.4, -0.2) is 26.8 Å². The number of amides is 1. The fraction of sp³-hybridized carbons (Fsp3) is 0.0625. The van der Waals surface area contributed by atoms with Crippen LogP contribution in [0.25, 0.3) is 11.4 Å². The maximum Gasteiger partial charge on any atom is 0.234 e. The van der Waals surface area contributed by atoms with Gasteiger partial charge in [-0.3, -0.25) is 9.89 Å². The molecule has 0 radical (unpaired) electrons. The fourth-order valence-corrected chi connectivity index (χ4v) is 2.77. The van der Waals surface area contributed by atoms with Crippen LogP contribution in [0.5, 0.6) is 0 Å². The lowest BCUT2D eigenvalue weighted by Gasteiger charge is -2.04. The molecule has 0 bridgehead atoms. The van der Waals surface area contributed by atoms with Crippen molar-refractivity contribution in [3.8, 4) is 11.4 Å². The Kier molecular flexibility index (Phi) is 5.12. The Hall–Kier alpha value is -2.38. The third kappa shape index (κ3) is 4.12. The molecule has 0 saturated carbocycles. The van der Waals surface area contributed by atoms with Gasteiger partial charge in [-0.15, -0.1) is 5.10 Å². The van der Waals surface area contributed by atoms with Crippen molar-refractivity contribution in [1.29, 1.82) is 0 Å². The molecule has 0 aliphatic heterocycles. The second kappa shape index (κ2) is 7.46. The molecule has 2 aromatic carbocycles. The van der Waals surface area contributed by atoms with Crippen LogP contribution >= 0.6 is 23.4 Å². The van der Waals surface area contributed by atoms with E-state index in [1.165, 1.54) is 6.07 Å². The third-order valence-corrected chi connectivity index (χ3v) is 4.12. The number of anilines is 1. The van der Waals surface area contributed by atoms with E-state index in [0.29, 0.717) is 27.3 Å². The lowest BCUT2D eigenvalue weighted by atomic mass is 10.2. The van der Waals surface area contributed by atoms with Crippen molar-refractivity contribution in [2.45, 2.75) is 5.16 Å². The highest BCUT2D eigenvalue weighted by Crippen LogP contribution is 2.22. The summed E-state index contributed by atoms with van der Waals surface area (Å²) in [5.74, 6) is -0.143. The van der Waals surface area contributed by atoms with Crippen molar-refractivity contribution >= 4 is 35.0 Å². The van der Waals surface area contributed by atoms with Gasteiger partial charge in [-0.05, 0) is 30.3 Å². The zero-order valence-corrected chi connectivity index (χ0v) is 13.9. The Morgan fingerprint density at radius 1 is 1.25 bits per heavy atom. The lowest BCUT2D eigenvalue weighted by Crippen LogP contribution is -2.14. The van der Waals surface area contributed by atoms with Gasteiger partial charge >= 0.3 is 0 Å². The summed E-state index contributed by atoms with van der Waals surface area (Å²) in [6, 6.07) is 13.2. The molecule has 0 fully saturated rings. The molecule has 3 rings (SSSR count). The summed E-state index contributed by atoms with van der Waals surface area (Å²) < 4.78 is 13.7. The molecule has 0 aliphatic carbocycles. The minimum atomic E-state index is -0.385. The molecule has 24 heavy (non-hydrogen) atoms. The molecule has 0 unspecified atom stereocenters. The second-order valence-corrected chi connectivity index (χ2v) is 6.17. The van der Waals surface area contributed by atoms with E-state index in [1.807, 2.05) is 0 Å². The minimum Gasteiger partial charge on any atom is -0.325 e. The van der Waals surface area contributed by atoms with E-state index < -0.39 is 0 Å². The number of carbonyl (C=O) groups excluding carboxylic acids is 1. The molecule has 122 valence electrons. The number of hydrogen-bond donors (Lipinski definition) is 2. The van der Waals surface area contributed by atoms with Crippen molar-refractivity contribution in [2.24, 2.45) is 0 Å². The molecule has 0 saturated heterocycles. The van der Waals surface area contributed by atoms with Gasteiger partial charge in [-0.1, -0.05) is 41.6 Å². The molecule has 5 nitrogen and oxygen atoms in total. The maximum absolute atomic E-state index is 13.7. The van der Waals surface area contributed by atoms with Gasteiger partial charge < -0.3 is 5.32 Å². The van der Waals surface area contributed by atoms with Crippen LogP contribution in [0.1, 0.15) is 0 Å². The molecule has 1 aromatic heterocycles. The average Bonchev–Trinajstić information content (AvgIpc) is 3.02. The SMILES string of the molecule is O=C(CSc1n[nH]c(-c2ccccc2F)n1)Nc1cccc(Cl)c1. The van der Waals surface area contributed by atoms with Crippen LogP contribution in [0.15, 0.2) is 53.7 Å². The van der Waals surface area contributed by atoms with Crippen LogP contribution in [0.2, 0.25) is 5.02 Å². The zero-order chi connectivity index (χ0) is 16.9. The van der Waals surface area contributed by atoms with Crippen LogP contribution < -0.4 is 5.32 Å². The van der Waals surface area contributed by atoms with E-state index in [0.717, 1.165) is 11.8 Å². The van der Waals surface area contributed by atoms with Crippen molar-refractivity contribution in [2.75, 3.05) is 11.1 Å². The number of H-pyrrole nitrogens is 1. The Morgan fingerprint density at radius 2 is 2.08 bits per heavy atom. The quantitative estimate of drug-likeness (QED) is 0.673. The first kappa shape index (κ1) is 16.5. The zero-order valence-electron chi connectivity index (χ0n) is 12.3. The summed E-state index contributed by atoms with van der Waals surface area (Å²) in [5.41, 5.74) is 0.954. The first-order valence-electron chi connectivity index (χ1n) is 6.97. The largest absolute Gasteiger partial charge is 0.325 e. The topological polar surface area (TPSA) is 70.7 Å². The highest BCUT2D eigenvalue weighted by Gasteiger charge is 2.11. The number of aromatic amines is 1. The number of rotatable bonds is 5. The number of aromatic nitrogens is 3. The van der Waals surface area contributed by atoms with E-state index in [4.69, 9.17) is 11.6 Å². The number of thioether (sulfide) groups is 1. The highest BCUT2D eigenvalue weighted by molar-refractivity contribution is 7.99. The summed E-state index contributed by atoms with van der Waals surface area (Å²) in [6.07, 6.45) is 0. The molecule has 0 aliphatic rings. The van der Waals surface area contributed by atoms with Crippen LogP contribution in [-0.2, 0) is 4.79 Å². The molecule has 3 aromatic rings. The fourth-order valence-electron chi connectivity index (χ4n) is 1.98. The van der Waals surface area contributed by atoms with Crippen molar-refractivity contribution in [3.63, 3.8) is 0 Å². The van der Waals surface area contributed by atoms with Crippen LogP contribution in [0.4, 0.5) is 10.1 Å². The van der Waals surface area contributed by atoms with Crippen molar-refractivity contribution in [1.82, 2.24) is 15.2 Å². The number of carbonyl (C=O) groups is 1. The first-order valence-corrected chi connectivity index (χ1v) is 8.34. The standard InChI is InChI=1S/C16H12ClFN4OS/c17-10-4-3-5-11(8-10)19-14(23)9-24-16-20-15(21-22-16)12-6-1-2-7-13(12)18/h1-8H,9H2,(H,19,23)(H,20,21,22). The summed E-state index contributed by atoms with van der Waals surface area (Å²) in [4.78, 5) is 16.1. The molecular formula is C16H12ClFN4OS. The van der Waals surface area contributed by atoms with E-state index in [1.54, 1.807) is 42.5 Å². The van der Waals surface area contributed by atoms with Crippen molar-refractivity contribution < 1.29 is 9.18 Å². The van der Waals surface area contributed by atoms with Gasteiger partial charge in [0.15, 0.2) is 5.82 Å². The van der Waals surface area contributed by atoms with Crippen LogP contribution in [0.3, 0.4) is 0 Å². The Labute approximate surface area is 146 Å². The molecular weight excluding hydrogens is 351 g/mol. The Bertz CT molecular complexity index is 871. The predicted octanol–water partition coefficient (Wildman–Crippen LogP) is 4.00. The van der Waals surface area contributed by atoms with E-state index in [-0.39, 0.29) is 17.5 Å². The monoisotopic (exact) mass is 362 g/mol. The number of hydrogen-bond acceptors (Lipinski definition) is 4.